The van der Waals surface area contributed by atoms with Gasteiger partial charge in [-0.15, -0.1) is 0 Å². The van der Waals surface area contributed by atoms with Crippen molar-refractivity contribution < 1.29 is 4.79 Å². The summed E-state index contributed by atoms with van der Waals surface area (Å²) in [7, 11) is 0. The van der Waals surface area contributed by atoms with Crippen molar-refractivity contribution in [2.45, 2.75) is 40.3 Å². The number of amides is 1. The molecule has 29 heavy (non-hydrogen) atoms. The Kier molecular flexibility index (Phi) is 4.87. The van der Waals surface area contributed by atoms with Gasteiger partial charge in [-0.2, -0.15) is 0 Å². The molecule has 0 fully saturated rings. The topological polar surface area (TPSA) is 46.9 Å². The second kappa shape index (κ2) is 7.36. The van der Waals surface area contributed by atoms with E-state index in [1.807, 2.05) is 45.9 Å². The first-order valence-corrected chi connectivity index (χ1v) is 10.1. The Morgan fingerprint density at radius 2 is 1.69 bits per heavy atom. The summed E-state index contributed by atoms with van der Waals surface area (Å²) >= 11 is 0. The number of nitrogens with one attached hydrogen (secondary N) is 1. The van der Waals surface area contributed by atoms with Crippen LogP contribution in [0.15, 0.2) is 66.7 Å². The summed E-state index contributed by atoms with van der Waals surface area (Å²) < 4.78 is 2.23. The van der Waals surface area contributed by atoms with Gasteiger partial charge < -0.3 is 9.88 Å². The Balaban J connectivity index is 1.79. The van der Waals surface area contributed by atoms with Gasteiger partial charge in [-0.1, -0.05) is 75.4 Å². The molecule has 0 bridgehead atoms. The third kappa shape index (κ3) is 3.75. The van der Waals surface area contributed by atoms with Gasteiger partial charge in [-0.05, 0) is 35.4 Å². The van der Waals surface area contributed by atoms with E-state index in [1.165, 1.54) is 16.3 Å². The van der Waals surface area contributed by atoms with Gasteiger partial charge in [-0.25, -0.2) is 4.98 Å². The van der Waals surface area contributed by atoms with E-state index in [4.69, 9.17) is 4.98 Å². The van der Waals surface area contributed by atoms with Gasteiger partial charge in [0, 0.05) is 5.41 Å². The molecule has 1 heterocycles. The van der Waals surface area contributed by atoms with Crippen LogP contribution in [0.4, 0.5) is 0 Å². The molecule has 4 rings (SSSR count). The monoisotopic (exact) mass is 385 g/mol. The zero-order valence-corrected chi connectivity index (χ0v) is 17.4. The van der Waals surface area contributed by atoms with Crippen LogP contribution in [0, 0.1) is 5.41 Å². The summed E-state index contributed by atoms with van der Waals surface area (Å²) in [6.07, 6.45) is 0. The van der Waals surface area contributed by atoms with Gasteiger partial charge in [0.25, 0.3) is 0 Å². The number of carbonyl (C=O) groups is 1. The fraction of sp³-hybridized carbons (Fsp3) is 0.280. The molecule has 1 aromatic heterocycles. The maximum Gasteiger partial charge on any atom is 0.225 e. The predicted octanol–water partition coefficient (Wildman–Crippen LogP) is 5.46. The van der Waals surface area contributed by atoms with Crippen molar-refractivity contribution in [2.24, 2.45) is 5.41 Å². The smallest absolute Gasteiger partial charge is 0.225 e. The molecule has 0 radical (unpaired) electrons. The highest BCUT2D eigenvalue weighted by Gasteiger charge is 2.25. The van der Waals surface area contributed by atoms with Gasteiger partial charge >= 0.3 is 0 Å². The largest absolute Gasteiger partial charge is 0.346 e. The van der Waals surface area contributed by atoms with Crippen LogP contribution in [0.3, 0.4) is 0 Å². The normalized spacial score (nSPS) is 13.0. The quantitative estimate of drug-likeness (QED) is 0.507. The average Bonchev–Trinajstić information content (AvgIpc) is 3.06. The van der Waals surface area contributed by atoms with Crippen LogP contribution in [0.5, 0.6) is 0 Å². The molecule has 1 unspecified atom stereocenters. The predicted molar refractivity (Wildman–Crippen MR) is 119 cm³/mol. The van der Waals surface area contributed by atoms with E-state index < -0.39 is 5.41 Å². The van der Waals surface area contributed by atoms with Crippen molar-refractivity contribution in [2.75, 3.05) is 0 Å². The van der Waals surface area contributed by atoms with Crippen molar-refractivity contribution in [1.82, 2.24) is 14.9 Å². The third-order valence-electron chi connectivity index (χ3n) is 5.31. The van der Waals surface area contributed by atoms with Crippen molar-refractivity contribution >= 4 is 27.7 Å². The molecule has 1 atom stereocenters. The van der Waals surface area contributed by atoms with Crippen molar-refractivity contribution in [3.8, 4) is 0 Å². The van der Waals surface area contributed by atoms with E-state index in [9.17, 15) is 4.79 Å². The van der Waals surface area contributed by atoms with Gasteiger partial charge in [-0.3, -0.25) is 4.79 Å². The second-order valence-corrected chi connectivity index (χ2v) is 8.63. The van der Waals surface area contributed by atoms with Crippen molar-refractivity contribution in [3.05, 3.63) is 78.1 Å². The van der Waals surface area contributed by atoms with E-state index in [0.29, 0.717) is 6.54 Å². The van der Waals surface area contributed by atoms with Gasteiger partial charge in [0.15, 0.2) is 0 Å². The number of nitrogens with zero attached hydrogens (tertiary/aromatic N) is 2. The summed E-state index contributed by atoms with van der Waals surface area (Å²) in [6, 6.07) is 22.8. The first-order chi connectivity index (χ1) is 13.8. The lowest BCUT2D eigenvalue weighted by Crippen LogP contribution is -2.37. The maximum atomic E-state index is 12.6. The van der Waals surface area contributed by atoms with Crippen molar-refractivity contribution in [1.29, 1.82) is 0 Å². The highest BCUT2D eigenvalue weighted by Crippen LogP contribution is 2.26. The molecular formula is C25H27N3O. The zero-order chi connectivity index (χ0) is 20.6. The highest BCUT2D eigenvalue weighted by atomic mass is 16.2. The van der Waals surface area contributed by atoms with E-state index in [2.05, 4.69) is 58.4 Å². The molecule has 0 spiro atoms. The summed E-state index contributed by atoms with van der Waals surface area (Å²) in [5.74, 6) is 0.894. The minimum Gasteiger partial charge on any atom is -0.346 e. The van der Waals surface area contributed by atoms with E-state index >= 15 is 0 Å². The molecule has 3 aromatic carbocycles. The van der Waals surface area contributed by atoms with Gasteiger partial charge in [0.2, 0.25) is 5.91 Å². The molecule has 0 aliphatic heterocycles. The molecule has 0 saturated heterocycles. The number of para-hydroxylation sites is 2. The Bertz CT molecular complexity index is 1180. The molecule has 1 amide bonds. The molecule has 4 aromatic rings. The van der Waals surface area contributed by atoms with Crippen molar-refractivity contribution in [3.63, 3.8) is 0 Å². The second-order valence-electron chi connectivity index (χ2n) is 8.63. The molecule has 0 aliphatic carbocycles. The maximum absolute atomic E-state index is 12.6. The number of hydrogen-bond acceptors (Lipinski definition) is 2. The Morgan fingerprint density at radius 3 is 2.48 bits per heavy atom. The van der Waals surface area contributed by atoms with E-state index in [-0.39, 0.29) is 11.9 Å². The van der Waals surface area contributed by atoms with Crippen LogP contribution in [0.1, 0.15) is 45.1 Å². The Labute approximate surface area is 171 Å². The zero-order valence-electron chi connectivity index (χ0n) is 17.4. The average molecular weight is 386 g/mol. The van der Waals surface area contributed by atoms with E-state index in [1.54, 1.807) is 0 Å². The summed E-state index contributed by atoms with van der Waals surface area (Å²) in [5.41, 5.74) is 2.81. The number of hydrogen-bond donors (Lipinski definition) is 1. The minimum atomic E-state index is -0.444. The number of rotatable bonds is 4. The highest BCUT2D eigenvalue weighted by molar-refractivity contribution is 5.86. The number of carbonyl (C=O) groups excluding carboxylic acids is 1. The lowest BCUT2D eigenvalue weighted by Gasteiger charge is -2.22. The third-order valence-corrected chi connectivity index (χ3v) is 5.31. The fourth-order valence-corrected chi connectivity index (χ4v) is 3.67. The number of fused-ring (bicyclic) bond motifs is 2. The van der Waals surface area contributed by atoms with Crippen LogP contribution in [-0.2, 0) is 11.3 Å². The minimum absolute atomic E-state index is 0.0220. The number of aromatic nitrogens is 2. The SMILES string of the molecule is CC(NC(=O)C(C)(C)C)c1nc2ccccc2n1Cc1cccc2ccccc12. The molecule has 0 saturated carbocycles. The molecule has 148 valence electrons. The van der Waals surface area contributed by atoms with E-state index in [0.717, 1.165) is 16.9 Å². The molecule has 0 aliphatic rings. The summed E-state index contributed by atoms with van der Waals surface area (Å²) in [6.45, 7) is 8.48. The number of imidazole rings is 1. The molecule has 4 heteroatoms. The van der Waals surface area contributed by atoms with Crippen LogP contribution in [0.2, 0.25) is 0 Å². The molecule has 4 nitrogen and oxygen atoms in total. The lowest BCUT2D eigenvalue weighted by molar-refractivity contribution is -0.129. The lowest BCUT2D eigenvalue weighted by atomic mass is 9.95. The standard InChI is InChI=1S/C25H27N3O/c1-17(26-24(29)25(2,3)4)23-27-21-14-7-8-15-22(21)28(23)16-19-12-9-11-18-10-5-6-13-20(18)19/h5-15,17H,16H2,1-4H3,(H,26,29). The summed E-state index contributed by atoms with van der Waals surface area (Å²) in [5, 5.41) is 5.61. The first-order valence-electron chi connectivity index (χ1n) is 10.1. The van der Waals surface area contributed by atoms with Gasteiger partial charge in [0.05, 0.1) is 23.6 Å². The first kappa shape index (κ1) is 19.2. The van der Waals surface area contributed by atoms with Crippen LogP contribution >= 0.6 is 0 Å². The summed E-state index contributed by atoms with van der Waals surface area (Å²) in [4.78, 5) is 17.4. The Hall–Kier alpha value is -3.14. The number of benzene rings is 3. The van der Waals surface area contributed by atoms with Crippen LogP contribution in [-0.4, -0.2) is 15.5 Å². The van der Waals surface area contributed by atoms with Crippen LogP contribution in [0.25, 0.3) is 21.8 Å². The van der Waals surface area contributed by atoms with Crippen LogP contribution < -0.4 is 5.32 Å². The fourth-order valence-electron chi connectivity index (χ4n) is 3.67. The molecular weight excluding hydrogens is 358 g/mol. The van der Waals surface area contributed by atoms with Gasteiger partial charge in [0.1, 0.15) is 5.82 Å². The Morgan fingerprint density at radius 1 is 1.00 bits per heavy atom. The molecule has 1 N–H and O–H groups in total.